The first-order valence-electron chi connectivity index (χ1n) is 7.68. The molecule has 0 heterocycles. The second kappa shape index (κ2) is 8.62. The molecule has 0 saturated heterocycles. The minimum absolute atomic E-state index is 0.0657. The Morgan fingerprint density at radius 1 is 1.19 bits per heavy atom. The van der Waals surface area contributed by atoms with Crippen LogP contribution in [0.25, 0.3) is 0 Å². The Bertz CT molecular complexity index is 862. The predicted octanol–water partition coefficient (Wildman–Crippen LogP) is 2.73. The molecule has 0 aliphatic rings. The van der Waals surface area contributed by atoms with Gasteiger partial charge in [0.05, 0.1) is 6.54 Å². The molecule has 0 aromatic heterocycles. The number of hydrogen-bond acceptors (Lipinski definition) is 2. The minimum Gasteiger partial charge on any atom is -0.329 e. The van der Waals surface area contributed by atoms with Crippen LogP contribution in [0.3, 0.4) is 0 Å². The van der Waals surface area contributed by atoms with Gasteiger partial charge in [-0.3, -0.25) is 4.79 Å². The van der Waals surface area contributed by atoms with Crippen LogP contribution >= 0.6 is 0 Å². The standard InChI is InChI=1S/C19H17F2N3O2/c1-3-13-5-4-6-16(9-13)23-18(25)11-22-19(26)24(2)12-14-7-8-15(20)10-17(14)21/h1,4-10H,11-12H2,2H3,(H,22,26)(H,23,25). The lowest BCUT2D eigenvalue weighted by Gasteiger charge is -2.18. The molecule has 2 aromatic carbocycles. The highest BCUT2D eigenvalue weighted by molar-refractivity contribution is 5.94. The molecule has 0 aliphatic heterocycles. The fraction of sp³-hybridized carbons (Fsp3) is 0.158. The van der Waals surface area contributed by atoms with Crippen molar-refractivity contribution in [3.8, 4) is 12.3 Å². The number of nitrogens with zero attached hydrogens (tertiary/aromatic N) is 1. The van der Waals surface area contributed by atoms with E-state index >= 15 is 0 Å². The molecule has 2 N–H and O–H groups in total. The van der Waals surface area contributed by atoms with Gasteiger partial charge in [-0.1, -0.05) is 18.1 Å². The summed E-state index contributed by atoms with van der Waals surface area (Å²) in [7, 11) is 1.44. The van der Waals surface area contributed by atoms with Crippen molar-refractivity contribution >= 4 is 17.6 Å². The molecule has 3 amide bonds. The van der Waals surface area contributed by atoms with Crippen molar-refractivity contribution in [2.75, 3.05) is 18.9 Å². The van der Waals surface area contributed by atoms with Gasteiger partial charge in [0, 0.05) is 36.5 Å². The largest absolute Gasteiger partial charge is 0.329 e. The Labute approximate surface area is 150 Å². The molecule has 0 atom stereocenters. The van der Waals surface area contributed by atoms with Crippen LogP contribution < -0.4 is 10.6 Å². The van der Waals surface area contributed by atoms with Crippen molar-refractivity contribution in [1.29, 1.82) is 0 Å². The molecule has 0 unspecified atom stereocenters. The highest BCUT2D eigenvalue weighted by Gasteiger charge is 2.13. The van der Waals surface area contributed by atoms with Crippen molar-refractivity contribution in [3.05, 3.63) is 65.2 Å². The number of hydrogen-bond donors (Lipinski definition) is 2. The maximum atomic E-state index is 13.6. The SMILES string of the molecule is C#Cc1cccc(NC(=O)CNC(=O)N(C)Cc2ccc(F)cc2F)c1. The second-order valence-electron chi connectivity index (χ2n) is 5.52. The van der Waals surface area contributed by atoms with E-state index in [1.807, 2.05) is 0 Å². The first-order chi connectivity index (χ1) is 12.4. The quantitative estimate of drug-likeness (QED) is 0.809. The van der Waals surface area contributed by atoms with Gasteiger partial charge < -0.3 is 15.5 Å². The summed E-state index contributed by atoms with van der Waals surface area (Å²) in [4.78, 5) is 25.1. The second-order valence-corrected chi connectivity index (χ2v) is 5.52. The van der Waals surface area contributed by atoms with E-state index in [1.54, 1.807) is 24.3 Å². The first kappa shape index (κ1) is 18.9. The summed E-state index contributed by atoms with van der Waals surface area (Å²) in [6.07, 6.45) is 5.29. The third-order valence-electron chi connectivity index (χ3n) is 3.48. The van der Waals surface area contributed by atoms with Crippen LogP contribution in [0, 0.1) is 24.0 Å². The van der Waals surface area contributed by atoms with Crippen LogP contribution in [0.2, 0.25) is 0 Å². The number of halogens is 2. The summed E-state index contributed by atoms with van der Waals surface area (Å²) >= 11 is 0. The topological polar surface area (TPSA) is 61.4 Å². The molecule has 0 saturated carbocycles. The van der Waals surface area contributed by atoms with E-state index in [4.69, 9.17) is 6.42 Å². The molecular weight excluding hydrogens is 340 g/mol. The number of urea groups is 1. The highest BCUT2D eigenvalue weighted by Crippen LogP contribution is 2.12. The van der Waals surface area contributed by atoms with Crippen LogP contribution in [-0.4, -0.2) is 30.4 Å². The number of rotatable bonds is 5. The fourth-order valence-electron chi connectivity index (χ4n) is 2.16. The summed E-state index contributed by atoms with van der Waals surface area (Å²) in [6, 6.07) is 9.28. The van der Waals surface area contributed by atoms with E-state index in [1.165, 1.54) is 18.0 Å². The third-order valence-corrected chi connectivity index (χ3v) is 3.48. The van der Waals surface area contributed by atoms with Crippen LogP contribution in [0.15, 0.2) is 42.5 Å². The van der Waals surface area contributed by atoms with Crippen molar-refractivity contribution < 1.29 is 18.4 Å². The van der Waals surface area contributed by atoms with Crippen molar-refractivity contribution in [1.82, 2.24) is 10.2 Å². The zero-order valence-corrected chi connectivity index (χ0v) is 14.1. The first-order valence-corrected chi connectivity index (χ1v) is 7.68. The molecule has 0 radical (unpaired) electrons. The number of benzene rings is 2. The molecule has 26 heavy (non-hydrogen) atoms. The lowest BCUT2D eigenvalue weighted by molar-refractivity contribution is -0.115. The van der Waals surface area contributed by atoms with E-state index in [2.05, 4.69) is 16.6 Å². The number of nitrogens with one attached hydrogen (secondary N) is 2. The van der Waals surface area contributed by atoms with Crippen LogP contribution in [0.5, 0.6) is 0 Å². The number of terminal acetylenes is 1. The zero-order valence-electron chi connectivity index (χ0n) is 14.1. The third kappa shape index (κ3) is 5.31. The van der Waals surface area contributed by atoms with E-state index < -0.39 is 23.6 Å². The molecular formula is C19H17F2N3O2. The monoisotopic (exact) mass is 357 g/mol. The Hall–Kier alpha value is -3.40. The zero-order chi connectivity index (χ0) is 19.1. The maximum absolute atomic E-state index is 13.6. The molecule has 0 bridgehead atoms. The van der Waals surface area contributed by atoms with Gasteiger partial charge in [0.15, 0.2) is 0 Å². The Kier molecular flexibility index (Phi) is 6.28. The van der Waals surface area contributed by atoms with Gasteiger partial charge in [-0.05, 0) is 24.3 Å². The summed E-state index contributed by atoms with van der Waals surface area (Å²) in [5.41, 5.74) is 1.30. The van der Waals surface area contributed by atoms with Crippen LogP contribution in [0.1, 0.15) is 11.1 Å². The van der Waals surface area contributed by atoms with Gasteiger partial charge >= 0.3 is 6.03 Å². The Morgan fingerprint density at radius 2 is 1.96 bits per heavy atom. The summed E-state index contributed by atoms with van der Waals surface area (Å²) in [5, 5.41) is 5.03. The molecule has 2 aromatic rings. The molecule has 5 nitrogen and oxygen atoms in total. The normalized spacial score (nSPS) is 9.92. The lowest BCUT2D eigenvalue weighted by atomic mass is 10.2. The van der Waals surface area contributed by atoms with Gasteiger partial charge in [-0.15, -0.1) is 6.42 Å². The molecule has 0 spiro atoms. The maximum Gasteiger partial charge on any atom is 0.317 e. The van der Waals surface area contributed by atoms with Crippen molar-refractivity contribution in [3.63, 3.8) is 0 Å². The number of anilines is 1. The van der Waals surface area contributed by atoms with Gasteiger partial charge in [0.2, 0.25) is 5.91 Å². The van der Waals surface area contributed by atoms with E-state index in [0.717, 1.165) is 12.1 Å². The fourth-order valence-corrected chi connectivity index (χ4v) is 2.16. The predicted molar refractivity (Wildman–Crippen MR) is 94.2 cm³/mol. The minimum atomic E-state index is -0.740. The molecule has 134 valence electrons. The van der Waals surface area contributed by atoms with Crippen LogP contribution in [-0.2, 0) is 11.3 Å². The molecule has 7 heteroatoms. The summed E-state index contributed by atoms with van der Waals surface area (Å²) < 4.78 is 26.5. The van der Waals surface area contributed by atoms with Gasteiger partial charge in [0.25, 0.3) is 0 Å². The number of carbonyl (C=O) groups excluding carboxylic acids is 2. The summed E-state index contributed by atoms with van der Waals surface area (Å²) in [6.45, 7) is -0.334. The summed E-state index contributed by atoms with van der Waals surface area (Å²) in [5.74, 6) is 0.588. The van der Waals surface area contributed by atoms with Crippen molar-refractivity contribution in [2.45, 2.75) is 6.54 Å². The van der Waals surface area contributed by atoms with E-state index in [0.29, 0.717) is 11.3 Å². The number of carbonyl (C=O) groups is 2. The average molecular weight is 357 g/mol. The molecule has 0 aliphatic carbocycles. The number of amides is 3. The van der Waals surface area contributed by atoms with Crippen molar-refractivity contribution in [2.24, 2.45) is 0 Å². The highest BCUT2D eigenvalue weighted by atomic mass is 19.1. The average Bonchev–Trinajstić information content (AvgIpc) is 2.62. The molecule has 0 fully saturated rings. The van der Waals surface area contributed by atoms with E-state index in [9.17, 15) is 18.4 Å². The van der Waals surface area contributed by atoms with Gasteiger partial charge in [-0.25, -0.2) is 13.6 Å². The van der Waals surface area contributed by atoms with Crippen LogP contribution in [0.4, 0.5) is 19.3 Å². The van der Waals surface area contributed by atoms with E-state index in [-0.39, 0.29) is 18.7 Å². The molecule has 2 rings (SSSR count). The Balaban J connectivity index is 1.85. The Morgan fingerprint density at radius 3 is 2.65 bits per heavy atom. The lowest BCUT2D eigenvalue weighted by Crippen LogP contribution is -2.40. The smallest absolute Gasteiger partial charge is 0.317 e. The van der Waals surface area contributed by atoms with Gasteiger partial charge in [-0.2, -0.15) is 0 Å². The van der Waals surface area contributed by atoms with Gasteiger partial charge in [0.1, 0.15) is 11.6 Å².